The number of aryl methyl sites for hydroxylation is 3. The largest absolute Gasteiger partial charge is 0.331 e. The van der Waals surface area contributed by atoms with E-state index in [0.29, 0.717) is 0 Å². The zero-order valence-electron chi connectivity index (χ0n) is 12.2. The fourth-order valence-corrected chi connectivity index (χ4v) is 3.41. The molecule has 3 aromatic rings. The van der Waals surface area contributed by atoms with Gasteiger partial charge in [0.05, 0.1) is 11.2 Å². The Kier molecular flexibility index (Phi) is 4.04. The highest BCUT2D eigenvalue weighted by molar-refractivity contribution is 9.10. The molecule has 2 aromatic heterocycles. The van der Waals surface area contributed by atoms with Crippen molar-refractivity contribution in [3.8, 4) is 0 Å². The second-order valence-electron chi connectivity index (χ2n) is 5.19. The first kappa shape index (κ1) is 14.6. The quantitative estimate of drug-likeness (QED) is 0.671. The lowest BCUT2D eigenvalue weighted by Gasteiger charge is -2.05. The van der Waals surface area contributed by atoms with Crippen LogP contribution in [0.5, 0.6) is 0 Å². The summed E-state index contributed by atoms with van der Waals surface area (Å²) in [7, 11) is 0. The summed E-state index contributed by atoms with van der Waals surface area (Å²) in [5.41, 5.74) is 6.67. The molecule has 0 unspecified atom stereocenters. The van der Waals surface area contributed by atoms with Crippen molar-refractivity contribution >= 4 is 38.9 Å². The summed E-state index contributed by atoms with van der Waals surface area (Å²) in [6.45, 7) is 6.25. The molecule has 108 valence electrons. The van der Waals surface area contributed by atoms with E-state index in [1.165, 1.54) is 16.7 Å². The number of nitrogens with zero attached hydrogens (tertiary/aromatic N) is 2. The van der Waals surface area contributed by atoms with Crippen LogP contribution in [-0.2, 0) is 5.75 Å². The molecule has 0 atom stereocenters. The minimum absolute atomic E-state index is 0.777. The highest BCUT2D eigenvalue weighted by Gasteiger charge is 2.08. The number of aromatic amines is 1. The maximum Gasteiger partial charge on any atom is 0.178 e. The van der Waals surface area contributed by atoms with Gasteiger partial charge >= 0.3 is 0 Å². The summed E-state index contributed by atoms with van der Waals surface area (Å²) < 4.78 is 1.00. The monoisotopic (exact) mass is 361 g/mol. The Labute approximate surface area is 136 Å². The zero-order chi connectivity index (χ0) is 15.0. The molecule has 2 heterocycles. The fourth-order valence-electron chi connectivity index (χ4n) is 2.15. The molecule has 3 nitrogen and oxygen atoms in total. The molecule has 3 rings (SSSR count). The number of imidazole rings is 1. The Morgan fingerprint density at radius 1 is 1.14 bits per heavy atom. The average Bonchev–Trinajstić information content (AvgIpc) is 2.82. The van der Waals surface area contributed by atoms with Crippen LogP contribution in [0.4, 0.5) is 0 Å². The van der Waals surface area contributed by atoms with Crippen molar-refractivity contribution in [1.82, 2.24) is 15.0 Å². The lowest BCUT2D eigenvalue weighted by Crippen LogP contribution is -1.88. The molecule has 0 saturated heterocycles. The van der Waals surface area contributed by atoms with E-state index in [4.69, 9.17) is 0 Å². The number of rotatable bonds is 3. The third-order valence-electron chi connectivity index (χ3n) is 3.45. The molecular weight excluding hydrogens is 346 g/mol. The third-order valence-corrected chi connectivity index (χ3v) is 5.17. The molecule has 0 saturated carbocycles. The van der Waals surface area contributed by atoms with E-state index in [-0.39, 0.29) is 0 Å². The highest BCUT2D eigenvalue weighted by atomic mass is 79.9. The van der Waals surface area contributed by atoms with Gasteiger partial charge in [0.15, 0.2) is 10.8 Å². The Hall–Kier alpha value is -1.33. The van der Waals surface area contributed by atoms with Crippen molar-refractivity contribution in [2.24, 2.45) is 0 Å². The molecule has 1 aromatic carbocycles. The Balaban J connectivity index is 1.83. The van der Waals surface area contributed by atoms with E-state index >= 15 is 0 Å². The molecular formula is C16H16BrN3S. The fraction of sp³-hybridized carbons (Fsp3) is 0.250. The summed E-state index contributed by atoms with van der Waals surface area (Å²) in [6.07, 6.45) is 0. The topological polar surface area (TPSA) is 41.6 Å². The minimum atomic E-state index is 0.777. The van der Waals surface area contributed by atoms with Crippen LogP contribution in [0.1, 0.15) is 22.4 Å². The molecule has 21 heavy (non-hydrogen) atoms. The van der Waals surface area contributed by atoms with Gasteiger partial charge in [0.1, 0.15) is 0 Å². The maximum absolute atomic E-state index is 4.56. The van der Waals surface area contributed by atoms with Crippen molar-refractivity contribution in [2.45, 2.75) is 31.7 Å². The second-order valence-corrected chi connectivity index (χ2v) is 7.01. The third kappa shape index (κ3) is 3.14. The van der Waals surface area contributed by atoms with Gasteiger partial charge in [-0.15, -0.1) is 0 Å². The number of fused-ring (bicyclic) bond motifs is 1. The summed E-state index contributed by atoms with van der Waals surface area (Å²) in [6, 6.07) is 8.59. The number of nitrogens with one attached hydrogen (secondary N) is 1. The van der Waals surface area contributed by atoms with E-state index < -0.39 is 0 Å². The molecule has 0 bridgehead atoms. The smallest absolute Gasteiger partial charge is 0.178 e. The van der Waals surface area contributed by atoms with E-state index in [1.807, 2.05) is 13.0 Å². The minimum Gasteiger partial charge on any atom is -0.331 e. The number of pyridine rings is 1. The van der Waals surface area contributed by atoms with E-state index in [1.54, 1.807) is 11.8 Å². The van der Waals surface area contributed by atoms with Crippen molar-refractivity contribution < 1.29 is 0 Å². The molecule has 0 aliphatic rings. The molecule has 1 N–H and O–H groups in total. The zero-order valence-corrected chi connectivity index (χ0v) is 14.6. The predicted octanol–water partition coefficient (Wildman–Crippen LogP) is 4.94. The van der Waals surface area contributed by atoms with Gasteiger partial charge in [-0.05, 0) is 53.9 Å². The van der Waals surface area contributed by atoms with Crippen LogP contribution >= 0.6 is 27.7 Å². The van der Waals surface area contributed by atoms with Crippen LogP contribution in [0.15, 0.2) is 33.9 Å². The number of hydrogen-bond donors (Lipinski definition) is 1. The van der Waals surface area contributed by atoms with Crippen molar-refractivity contribution in [2.75, 3.05) is 0 Å². The van der Waals surface area contributed by atoms with Gasteiger partial charge in [0.2, 0.25) is 0 Å². The highest BCUT2D eigenvalue weighted by Crippen LogP contribution is 2.26. The molecule has 0 radical (unpaired) electrons. The van der Waals surface area contributed by atoms with Gasteiger partial charge in [-0.2, -0.15) is 0 Å². The average molecular weight is 362 g/mol. The summed E-state index contributed by atoms with van der Waals surface area (Å²) >= 11 is 5.21. The molecule has 5 heteroatoms. The molecule has 0 amide bonds. The van der Waals surface area contributed by atoms with Crippen LogP contribution in [0.2, 0.25) is 0 Å². The standard InChI is InChI=1S/C16H16BrN3S/c1-9-4-5-10(2)12(6-9)8-21-16-19-14-7-13(17)11(3)18-15(14)20-16/h4-7H,8H2,1-3H3,(H,18,19,20). The first-order chi connectivity index (χ1) is 10.0. The van der Waals surface area contributed by atoms with Crippen LogP contribution in [-0.4, -0.2) is 15.0 Å². The van der Waals surface area contributed by atoms with Crippen molar-refractivity contribution in [3.05, 3.63) is 51.1 Å². The normalized spacial score (nSPS) is 11.2. The SMILES string of the molecule is Cc1ccc(C)c(CSc2nc3nc(C)c(Br)cc3[nH]2)c1. The van der Waals surface area contributed by atoms with E-state index in [0.717, 1.165) is 32.2 Å². The number of H-pyrrole nitrogens is 1. The number of hydrogen-bond acceptors (Lipinski definition) is 3. The lowest BCUT2D eigenvalue weighted by atomic mass is 10.1. The van der Waals surface area contributed by atoms with Gasteiger partial charge in [-0.1, -0.05) is 35.5 Å². The summed E-state index contributed by atoms with van der Waals surface area (Å²) in [5, 5.41) is 0.913. The van der Waals surface area contributed by atoms with Gasteiger partial charge < -0.3 is 4.98 Å². The van der Waals surface area contributed by atoms with Crippen molar-refractivity contribution in [1.29, 1.82) is 0 Å². The van der Waals surface area contributed by atoms with Gasteiger partial charge in [0, 0.05) is 10.2 Å². The van der Waals surface area contributed by atoms with Gasteiger partial charge in [-0.3, -0.25) is 0 Å². The van der Waals surface area contributed by atoms with Crippen LogP contribution in [0, 0.1) is 20.8 Å². The first-order valence-corrected chi connectivity index (χ1v) is 8.52. The van der Waals surface area contributed by atoms with Crippen molar-refractivity contribution in [3.63, 3.8) is 0 Å². The van der Waals surface area contributed by atoms with Crippen LogP contribution in [0.25, 0.3) is 11.2 Å². The lowest BCUT2D eigenvalue weighted by molar-refractivity contribution is 1.07. The second kappa shape index (κ2) is 5.81. The predicted molar refractivity (Wildman–Crippen MR) is 91.8 cm³/mol. The van der Waals surface area contributed by atoms with E-state index in [2.05, 4.69) is 62.9 Å². The number of aromatic nitrogens is 3. The van der Waals surface area contributed by atoms with Crippen LogP contribution in [0.3, 0.4) is 0 Å². The number of benzene rings is 1. The van der Waals surface area contributed by atoms with Crippen LogP contribution < -0.4 is 0 Å². The number of halogens is 1. The number of thioether (sulfide) groups is 1. The Bertz CT molecular complexity index is 772. The summed E-state index contributed by atoms with van der Waals surface area (Å²) in [4.78, 5) is 12.4. The van der Waals surface area contributed by atoms with Gasteiger partial charge in [0.25, 0.3) is 0 Å². The Morgan fingerprint density at radius 3 is 2.76 bits per heavy atom. The molecule has 0 fully saturated rings. The molecule has 0 spiro atoms. The maximum atomic E-state index is 4.56. The Morgan fingerprint density at radius 2 is 1.95 bits per heavy atom. The first-order valence-electron chi connectivity index (χ1n) is 6.75. The van der Waals surface area contributed by atoms with Gasteiger partial charge in [-0.25, -0.2) is 9.97 Å². The summed E-state index contributed by atoms with van der Waals surface area (Å²) in [5.74, 6) is 0.910. The molecule has 0 aliphatic heterocycles. The molecule has 0 aliphatic carbocycles. The van der Waals surface area contributed by atoms with E-state index in [9.17, 15) is 0 Å².